The van der Waals surface area contributed by atoms with Gasteiger partial charge in [-0.3, -0.25) is 0 Å². The lowest BCUT2D eigenvalue weighted by Gasteiger charge is -2.21. The second-order valence-corrected chi connectivity index (χ2v) is 9.62. The van der Waals surface area contributed by atoms with Crippen molar-refractivity contribution >= 4 is 32.6 Å². The smallest absolute Gasteiger partial charge is 0.241 e. The summed E-state index contributed by atoms with van der Waals surface area (Å²) in [6.07, 6.45) is 0. The molecule has 0 heterocycles. The molecule has 7 heteroatoms. The van der Waals surface area contributed by atoms with Crippen molar-refractivity contribution in [3.63, 3.8) is 0 Å². The van der Waals surface area contributed by atoms with E-state index in [1.54, 1.807) is 32.4 Å². The first kappa shape index (κ1) is 22.0. The number of aryl methyl sites for hydroxylation is 1. The van der Waals surface area contributed by atoms with Gasteiger partial charge >= 0.3 is 0 Å². The molecule has 0 aliphatic heterocycles. The SMILES string of the molecule is COc1ccc(S(=O)(=O)NC(C)c2cc(C(C)C)c(OC)cc2C)cc1I. The van der Waals surface area contributed by atoms with Crippen LogP contribution >= 0.6 is 22.6 Å². The van der Waals surface area contributed by atoms with Crippen LogP contribution in [0.25, 0.3) is 0 Å². The van der Waals surface area contributed by atoms with E-state index in [1.165, 1.54) is 0 Å². The highest BCUT2D eigenvalue weighted by Crippen LogP contribution is 2.33. The molecule has 2 rings (SSSR count). The van der Waals surface area contributed by atoms with Crippen LogP contribution in [0.15, 0.2) is 35.2 Å². The molecule has 0 spiro atoms. The Hall–Kier alpha value is -1.32. The van der Waals surface area contributed by atoms with Crippen LogP contribution in [0.2, 0.25) is 0 Å². The summed E-state index contributed by atoms with van der Waals surface area (Å²) in [7, 11) is -0.451. The van der Waals surface area contributed by atoms with Crippen molar-refractivity contribution in [1.29, 1.82) is 0 Å². The highest BCUT2D eigenvalue weighted by Gasteiger charge is 2.22. The molecule has 0 bridgehead atoms. The van der Waals surface area contributed by atoms with E-state index in [-0.39, 0.29) is 16.9 Å². The number of nitrogens with one attached hydrogen (secondary N) is 1. The molecule has 0 aliphatic rings. The predicted octanol–water partition coefficient (Wildman–Crippen LogP) is 4.78. The van der Waals surface area contributed by atoms with Gasteiger partial charge in [-0.2, -0.15) is 0 Å². The van der Waals surface area contributed by atoms with Crippen LogP contribution in [0.4, 0.5) is 0 Å². The van der Waals surface area contributed by atoms with Gasteiger partial charge in [-0.25, -0.2) is 13.1 Å². The number of ether oxygens (including phenoxy) is 2. The molecule has 5 nitrogen and oxygen atoms in total. The maximum atomic E-state index is 12.8. The molecular formula is C20H26INO4S. The zero-order valence-corrected chi connectivity index (χ0v) is 19.4. The fourth-order valence-electron chi connectivity index (χ4n) is 2.99. The molecule has 148 valence electrons. The summed E-state index contributed by atoms with van der Waals surface area (Å²) in [6, 6.07) is 8.44. The van der Waals surface area contributed by atoms with Gasteiger partial charge in [-0.05, 0) is 89.4 Å². The Morgan fingerprint density at radius 3 is 2.11 bits per heavy atom. The molecule has 0 fully saturated rings. The van der Waals surface area contributed by atoms with Crippen LogP contribution in [0.3, 0.4) is 0 Å². The highest BCUT2D eigenvalue weighted by molar-refractivity contribution is 14.1. The van der Waals surface area contributed by atoms with Crippen molar-refractivity contribution in [2.75, 3.05) is 14.2 Å². The van der Waals surface area contributed by atoms with Crippen molar-refractivity contribution in [2.24, 2.45) is 0 Å². The van der Waals surface area contributed by atoms with Gasteiger partial charge in [0.15, 0.2) is 0 Å². The first-order chi connectivity index (χ1) is 12.6. The second kappa shape index (κ2) is 8.79. The van der Waals surface area contributed by atoms with Gasteiger partial charge in [0.2, 0.25) is 10.0 Å². The molecule has 0 saturated carbocycles. The van der Waals surface area contributed by atoms with Crippen LogP contribution in [-0.2, 0) is 10.0 Å². The zero-order chi connectivity index (χ0) is 20.4. The fraction of sp³-hybridized carbons (Fsp3) is 0.400. The van der Waals surface area contributed by atoms with Crippen LogP contribution < -0.4 is 14.2 Å². The largest absolute Gasteiger partial charge is 0.496 e. The average Bonchev–Trinajstić information content (AvgIpc) is 2.60. The van der Waals surface area contributed by atoms with Crippen LogP contribution in [-0.4, -0.2) is 22.6 Å². The van der Waals surface area contributed by atoms with Gasteiger partial charge in [-0.15, -0.1) is 0 Å². The first-order valence-electron chi connectivity index (χ1n) is 8.65. The van der Waals surface area contributed by atoms with Crippen molar-refractivity contribution in [3.05, 3.63) is 50.6 Å². The van der Waals surface area contributed by atoms with E-state index >= 15 is 0 Å². The molecule has 0 amide bonds. The summed E-state index contributed by atoms with van der Waals surface area (Å²) in [5.74, 6) is 1.74. The summed E-state index contributed by atoms with van der Waals surface area (Å²) in [5, 5.41) is 0. The zero-order valence-electron chi connectivity index (χ0n) is 16.5. The number of sulfonamides is 1. The van der Waals surface area contributed by atoms with Crippen molar-refractivity contribution < 1.29 is 17.9 Å². The van der Waals surface area contributed by atoms with Gasteiger partial charge in [0.25, 0.3) is 0 Å². The maximum absolute atomic E-state index is 12.8. The third-order valence-corrected chi connectivity index (χ3v) is 6.85. The minimum atomic E-state index is -3.66. The minimum absolute atomic E-state index is 0.217. The minimum Gasteiger partial charge on any atom is -0.496 e. The Bertz CT molecular complexity index is 926. The lowest BCUT2D eigenvalue weighted by molar-refractivity contribution is 0.406. The number of hydrogen-bond donors (Lipinski definition) is 1. The van der Waals surface area contributed by atoms with Crippen molar-refractivity contribution in [2.45, 2.75) is 44.6 Å². The lowest BCUT2D eigenvalue weighted by Crippen LogP contribution is -2.27. The molecule has 27 heavy (non-hydrogen) atoms. The van der Waals surface area contributed by atoms with Gasteiger partial charge in [0, 0.05) is 6.04 Å². The van der Waals surface area contributed by atoms with Crippen molar-refractivity contribution in [3.8, 4) is 11.5 Å². The predicted molar refractivity (Wildman–Crippen MR) is 116 cm³/mol. The van der Waals surface area contributed by atoms with Crippen molar-refractivity contribution in [1.82, 2.24) is 4.72 Å². The highest BCUT2D eigenvalue weighted by atomic mass is 127. The Labute approximate surface area is 175 Å². The quantitative estimate of drug-likeness (QED) is 0.553. The molecular weight excluding hydrogens is 477 g/mol. The van der Waals surface area contributed by atoms with Crippen LogP contribution in [0.1, 0.15) is 49.4 Å². The molecule has 0 radical (unpaired) electrons. The van der Waals surface area contributed by atoms with Gasteiger partial charge in [-0.1, -0.05) is 13.8 Å². The van der Waals surface area contributed by atoms with Gasteiger partial charge < -0.3 is 9.47 Å². The molecule has 0 aliphatic carbocycles. The Balaban J connectivity index is 2.37. The van der Waals surface area contributed by atoms with E-state index in [2.05, 4.69) is 41.2 Å². The Morgan fingerprint density at radius 1 is 0.963 bits per heavy atom. The molecule has 0 saturated heterocycles. The summed E-state index contributed by atoms with van der Waals surface area (Å²) in [4.78, 5) is 0.217. The third kappa shape index (κ3) is 4.94. The van der Waals surface area contributed by atoms with E-state index < -0.39 is 10.0 Å². The number of halogens is 1. The first-order valence-corrected chi connectivity index (χ1v) is 11.2. The third-order valence-electron chi connectivity index (χ3n) is 4.47. The molecule has 0 aromatic heterocycles. The summed E-state index contributed by atoms with van der Waals surface area (Å²) < 4.78 is 39.9. The summed E-state index contributed by atoms with van der Waals surface area (Å²) >= 11 is 2.06. The Kier molecular flexibility index (Phi) is 7.15. The van der Waals surface area contributed by atoms with Crippen LogP contribution in [0.5, 0.6) is 11.5 Å². The summed E-state index contributed by atoms with van der Waals surface area (Å²) in [6.45, 7) is 7.99. The lowest BCUT2D eigenvalue weighted by atomic mass is 9.94. The van der Waals surface area contributed by atoms with Crippen LogP contribution in [0, 0.1) is 10.5 Å². The van der Waals surface area contributed by atoms with Gasteiger partial charge in [0.1, 0.15) is 11.5 Å². The maximum Gasteiger partial charge on any atom is 0.241 e. The number of hydrogen-bond acceptors (Lipinski definition) is 4. The van der Waals surface area contributed by atoms with E-state index in [0.717, 1.165) is 26.0 Å². The molecule has 1 N–H and O–H groups in total. The molecule has 2 aromatic rings. The Morgan fingerprint density at radius 2 is 1.59 bits per heavy atom. The van der Waals surface area contributed by atoms with E-state index in [1.807, 2.05) is 26.0 Å². The van der Waals surface area contributed by atoms with Gasteiger partial charge in [0.05, 0.1) is 22.7 Å². The molecule has 1 unspecified atom stereocenters. The number of methoxy groups -OCH3 is 2. The fourth-order valence-corrected chi connectivity index (χ4v) is 5.18. The molecule has 1 atom stereocenters. The monoisotopic (exact) mass is 503 g/mol. The number of benzene rings is 2. The molecule has 2 aromatic carbocycles. The van der Waals surface area contributed by atoms with E-state index in [9.17, 15) is 8.42 Å². The average molecular weight is 503 g/mol. The number of rotatable bonds is 7. The summed E-state index contributed by atoms with van der Waals surface area (Å²) in [5.41, 5.74) is 2.98. The van der Waals surface area contributed by atoms with E-state index in [4.69, 9.17) is 9.47 Å². The standard InChI is InChI=1S/C20H26INO4S/c1-12(2)16-11-17(13(3)9-20(16)26-6)14(4)22-27(23,24)15-7-8-19(25-5)18(21)10-15/h7-12,14,22H,1-6H3. The topological polar surface area (TPSA) is 64.6 Å². The normalized spacial score (nSPS) is 12.9. The second-order valence-electron chi connectivity index (χ2n) is 6.74. The van der Waals surface area contributed by atoms with E-state index in [0.29, 0.717) is 5.75 Å².